The molecular weight excluding hydrogens is 408 g/mol. The lowest BCUT2D eigenvalue weighted by molar-refractivity contribution is 0.578. The predicted molar refractivity (Wildman–Crippen MR) is 123 cm³/mol. The minimum atomic E-state index is -0.754. The van der Waals surface area contributed by atoms with E-state index in [0.717, 1.165) is 23.5 Å². The lowest BCUT2D eigenvalue weighted by Gasteiger charge is -2.05. The van der Waals surface area contributed by atoms with Gasteiger partial charge < -0.3 is 0 Å². The molecule has 1 aliphatic carbocycles. The highest BCUT2D eigenvalue weighted by Crippen LogP contribution is 2.32. The first kappa shape index (κ1) is 20.7. The van der Waals surface area contributed by atoms with Crippen LogP contribution in [0, 0.1) is 41.4 Å². The Hall–Kier alpha value is -3.56. The van der Waals surface area contributed by atoms with Crippen LogP contribution < -0.4 is 0 Å². The normalized spacial score (nSPS) is 12.1. The summed E-state index contributed by atoms with van der Waals surface area (Å²) < 4.78 is 28.5. The molecule has 0 heterocycles. The van der Waals surface area contributed by atoms with Gasteiger partial charge in [-0.3, -0.25) is 0 Å². The molecule has 1 fully saturated rings. The number of benzene rings is 3. The average molecular weight is 426 g/mol. The summed E-state index contributed by atoms with van der Waals surface area (Å²) >= 11 is 4.38. The van der Waals surface area contributed by atoms with E-state index < -0.39 is 11.6 Å². The van der Waals surface area contributed by atoms with Crippen molar-refractivity contribution in [1.29, 1.82) is 0 Å². The summed E-state index contributed by atoms with van der Waals surface area (Å²) in [5.74, 6) is 7.95. The second-order valence-corrected chi connectivity index (χ2v) is 7.61. The first-order valence-corrected chi connectivity index (χ1v) is 10.3. The van der Waals surface area contributed by atoms with Gasteiger partial charge in [-0.05, 0) is 96.4 Å². The van der Waals surface area contributed by atoms with Gasteiger partial charge in [0, 0.05) is 11.1 Å². The lowest BCUT2D eigenvalue weighted by atomic mass is 10.0. The van der Waals surface area contributed by atoms with Crippen molar-refractivity contribution in [3.8, 4) is 34.9 Å². The lowest BCUT2D eigenvalue weighted by Crippen LogP contribution is -1.92. The van der Waals surface area contributed by atoms with Crippen LogP contribution in [0.2, 0.25) is 0 Å². The molecule has 0 radical (unpaired) electrons. The first-order valence-electron chi connectivity index (χ1n) is 9.91. The zero-order chi connectivity index (χ0) is 21.6. The van der Waals surface area contributed by atoms with Gasteiger partial charge in [0.15, 0.2) is 0 Å². The van der Waals surface area contributed by atoms with Crippen LogP contribution in [-0.2, 0) is 6.42 Å². The van der Waals surface area contributed by atoms with Crippen molar-refractivity contribution in [2.45, 2.75) is 19.3 Å². The summed E-state index contributed by atoms with van der Waals surface area (Å²) in [6.45, 7) is 0. The summed E-state index contributed by atoms with van der Waals surface area (Å²) in [5.41, 5.74) is 3.91. The molecule has 0 atom stereocenters. The van der Waals surface area contributed by atoms with Gasteiger partial charge >= 0.3 is 0 Å². The molecule has 0 amide bonds. The van der Waals surface area contributed by atoms with E-state index in [4.69, 9.17) is 0 Å². The van der Waals surface area contributed by atoms with Crippen molar-refractivity contribution in [2.24, 2.45) is 10.9 Å². The van der Waals surface area contributed by atoms with Crippen LogP contribution in [0.3, 0.4) is 0 Å². The molecule has 1 saturated carbocycles. The van der Waals surface area contributed by atoms with Gasteiger partial charge in [0.2, 0.25) is 0 Å². The highest BCUT2D eigenvalue weighted by Gasteiger charge is 2.21. The Morgan fingerprint density at radius 1 is 0.806 bits per heavy atom. The minimum absolute atomic E-state index is 0.344. The van der Waals surface area contributed by atoms with E-state index in [1.165, 1.54) is 30.5 Å². The maximum absolute atomic E-state index is 14.3. The first-order chi connectivity index (χ1) is 15.1. The average Bonchev–Trinajstić information content (AvgIpc) is 3.59. The van der Waals surface area contributed by atoms with Crippen molar-refractivity contribution < 1.29 is 8.78 Å². The van der Waals surface area contributed by atoms with E-state index in [0.29, 0.717) is 11.1 Å². The monoisotopic (exact) mass is 425 g/mol. The van der Waals surface area contributed by atoms with E-state index in [-0.39, 0.29) is 5.56 Å². The fourth-order valence-corrected chi connectivity index (χ4v) is 3.28. The second-order valence-electron chi connectivity index (χ2n) is 7.43. The number of nitrogens with zero attached hydrogens (tertiary/aromatic N) is 1. The molecule has 1 aliphatic rings. The standard InChI is InChI=1S/C27H17F2NS/c28-26-16-24(17-27(29)25(26)13-14-30-18-31)23-11-9-20(10-12-23)2-1-19-3-5-21(6-4-19)15-22-7-8-22/h3-6,9-12,16-17,22H,7-8,15H2. The van der Waals surface area contributed by atoms with Gasteiger partial charge in [0.25, 0.3) is 0 Å². The summed E-state index contributed by atoms with van der Waals surface area (Å²) in [4.78, 5) is 3.35. The predicted octanol–water partition coefficient (Wildman–Crippen LogP) is 6.40. The number of rotatable bonds is 3. The van der Waals surface area contributed by atoms with Gasteiger partial charge in [-0.25, -0.2) is 8.78 Å². The Kier molecular flexibility index (Phi) is 6.34. The molecule has 0 aromatic heterocycles. The van der Waals surface area contributed by atoms with Crippen molar-refractivity contribution in [3.05, 3.63) is 94.6 Å². The van der Waals surface area contributed by atoms with Crippen LogP contribution >= 0.6 is 12.2 Å². The molecule has 0 spiro atoms. The Morgan fingerprint density at radius 3 is 1.94 bits per heavy atom. The summed E-state index contributed by atoms with van der Waals surface area (Å²) in [6, 6.07) is 20.3. The molecule has 3 aromatic rings. The van der Waals surface area contributed by atoms with Crippen LogP contribution in [-0.4, -0.2) is 5.16 Å². The Balaban J connectivity index is 1.49. The molecule has 0 N–H and O–H groups in total. The number of hydrogen-bond acceptors (Lipinski definition) is 2. The topological polar surface area (TPSA) is 12.4 Å². The van der Waals surface area contributed by atoms with Crippen LogP contribution in [0.15, 0.2) is 65.7 Å². The van der Waals surface area contributed by atoms with Crippen molar-refractivity contribution in [2.75, 3.05) is 0 Å². The van der Waals surface area contributed by atoms with E-state index in [9.17, 15) is 8.78 Å². The molecule has 31 heavy (non-hydrogen) atoms. The summed E-state index contributed by atoms with van der Waals surface area (Å²) in [6.07, 6.45) is 3.85. The quantitative estimate of drug-likeness (QED) is 0.269. The van der Waals surface area contributed by atoms with Gasteiger partial charge in [-0.15, -0.1) is 4.99 Å². The van der Waals surface area contributed by atoms with Crippen molar-refractivity contribution in [3.63, 3.8) is 0 Å². The van der Waals surface area contributed by atoms with Crippen molar-refractivity contribution >= 4 is 17.4 Å². The van der Waals surface area contributed by atoms with E-state index in [1.807, 2.05) is 29.4 Å². The molecule has 0 bridgehead atoms. The Morgan fingerprint density at radius 2 is 1.39 bits per heavy atom. The van der Waals surface area contributed by atoms with Gasteiger partial charge in [0.1, 0.15) is 11.6 Å². The van der Waals surface area contributed by atoms with Gasteiger partial charge in [-0.2, -0.15) is 0 Å². The third-order valence-electron chi connectivity index (χ3n) is 5.07. The SMILES string of the molecule is Fc1cc(-c2ccc(C#Cc3ccc(CC4CC4)cc3)cc2)cc(F)c1C#CN=C=S. The Labute approximate surface area is 185 Å². The van der Waals surface area contributed by atoms with Gasteiger partial charge in [0.05, 0.1) is 16.8 Å². The maximum atomic E-state index is 14.3. The molecule has 0 saturated heterocycles. The molecule has 0 aliphatic heterocycles. The maximum Gasteiger partial charge on any atom is 0.142 e. The van der Waals surface area contributed by atoms with Crippen LogP contribution in [0.25, 0.3) is 11.1 Å². The van der Waals surface area contributed by atoms with Crippen LogP contribution in [0.4, 0.5) is 8.78 Å². The highest BCUT2D eigenvalue weighted by atomic mass is 32.1. The third kappa shape index (κ3) is 5.53. The molecule has 1 nitrogen and oxygen atoms in total. The number of halogens is 2. The number of hydrogen-bond donors (Lipinski definition) is 0. The molecular formula is C27H17F2NS. The largest absolute Gasteiger partial charge is 0.205 e. The smallest absolute Gasteiger partial charge is 0.142 e. The molecule has 150 valence electrons. The minimum Gasteiger partial charge on any atom is -0.205 e. The Bertz CT molecular complexity index is 1250. The summed E-state index contributed by atoms with van der Waals surface area (Å²) in [7, 11) is 0. The molecule has 4 heteroatoms. The van der Waals surface area contributed by atoms with E-state index >= 15 is 0 Å². The number of isothiocyanates is 1. The zero-order valence-electron chi connectivity index (χ0n) is 16.6. The van der Waals surface area contributed by atoms with E-state index in [1.54, 1.807) is 12.1 Å². The molecule has 4 rings (SSSR count). The summed E-state index contributed by atoms with van der Waals surface area (Å²) in [5, 5.41) is 2.03. The highest BCUT2D eigenvalue weighted by molar-refractivity contribution is 7.78. The van der Waals surface area contributed by atoms with Crippen LogP contribution in [0.5, 0.6) is 0 Å². The van der Waals surface area contributed by atoms with Crippen LogP contribution in [0.1, 0.15) is 35.1 Å². The number of aliphatic imine (C=N–C) groups is 1. The van der Waals surface area contributed by atoms with E-state index in [2.05, 4.69) is 53.1 Å². The molecule has 3 aromatic carbocycles. The van der Waals surface area contributed by atoms with Crippen molar-refractivity contribution in [1.82, 2.24) is 0 Å². The van der Waals surface area contributed by atoms with Gasteiger partial charge in [-0.1, -0.05) is 36.1 Å². The number of thiocarbonyl (C=S) groups is 1. The fourth-order valence-electron chi connectivity index (χ4n) is 3.24. The second kappa shape index (κ2) is 9.50. The fraction of sp³-hybridized carbons (Fsp3) is 0.148. The third-order valence-corrected chi connectivity index (χ3v) is 5.16. The molecule has 0 unspecified atom stereocenters. The zero-order valence-corrected chi connectivity index (χ0v) is 17.4.